The first-order chi connectivity index (χ1) is 7.70. The predicted octanol–water partition coefficient (Wildman–Crippen LogP) is 1.85. The van der Waals surface area contributed by atoms with Crippen LogP contribution in [0.2, 0.25) is 0 Å². The maximum absolute atomic E-state index is 11.3. The van der Waals surface area contributed by atoms with Gasteiger partial charge in [0.05, 0.1) is 18.5 Å². The maximum atomic E-state index is 11.3. The summed E-state index contributed by atoms with van der Waals surface area (Å²) in [6, 6.07) is 5.99. The molecule has 0 saturated heterocycles. The first-order valence-electron chi connectivity index (χ1n) is 5.06. The van der Waals surface area contributed by atoms with Crippen LogP contribution in [0.3, 0.4) is 0 Å². The molecule has 86 valence electrons. The first-order valence-corrected chi connectivity index (χ1v) is 5.85. The van der Waals surface area contributed by atoms with E-state index in [0.29, 0.717) is 6.54 Å². The molecular weight excluding hydrogens is 272 g/mol. The van der Waals surface area contributed by atoms with Gasteiger partial charge >= 0.3 is 5.97 Å². The Morgan fingerprint density at radius 2 is 2.44 bits per heavy atom. The number of hydrogen-bond acceptors (Lipinski definition) is 4. The molecular formula is C11H13BrN2O2. The van der Waals surface area contributed by atoms with E-state index in [1.807, 2.05) is 23.1 Å². The number of carbonyl (C=O) groups is 1. The summed E-state index contributed by atoms with van der Waals surface area (Å²) < 4.78 is 5.69. The molecule has 16 heavy (non-hydrogen) atoms. The van der Waals surface area contributed by atoms with Crippen LogP contribution in [0, 0.1) is 0 Å². The molecule has 0 fully saturated rings. The van der Waals surface area contributed by atoms with Crippen molar-refractivity contribution in [2.45, 2.75) is 0 Å². The molecule has 1 aromatic rings. The molecule has 1 N–H and O–H groups in total. The average molecular weight is 285 g/mol. The van der Waals surface area contributed by atoms with Crippen molar-refractivity contribution in [2.75, 3.05) is 37.0 Å². The zero-order valence-electron chi connectivity index (χ0n) is 9.00. The summed E-state index contributed by atoms with van der Waals surface area (Å²) in [5.74, 6) is -0.215. The van der Waals surface area contributed by atoms with Crippen molar-refractivity contribution in [1.82, 2.24) is 0 Å². The molecule has 1 aliphatic rings. The highest BCUT2D eigenvalue weighted by Gasteiger charge is 2.19. The van der Waals surface area contributed by atoms with Crippen molar-refractivity contribution >= 4 is 33.3 Å². The van der Waals surface area contributed by atoms with E-state index in [4.69, 9.17) is 0 Å². The molecule has 0 spiro atoms. The van der Waals surface area contributed by atoms with Crippen LogP contribution in [0.15, 0.2) is 22.7 Å². The summed E-state index contributed by atoms with van der Waals surface area (Å²) in [5, 5.41) is 3.30. The van der Waals surface area contributed by atoms with Crippen molar-refractivity contribution in [2.24, 2.45) is 0 Å². The van der Waals surface area contributed by atoms with Crippen LogP contribution in [-0.4, -0.2) is 32.7 Å². The number of carbonyl (C=O) groups excluding carboxylic acids is 1. The van der Waals surface area contributed by atoms with Crippen molar-refractivity contribution in [1.29, 1.82) is 0 Å². The molecule has 5 heteroatoms. The Kier molecular flexibility index (Phi) is 3.33. The van der Waals surface area contributed by atoms with Crippen LogP contribution < -0.4 is 10.2 Å². The van der Waals surface area contributed by atoms with Crippen LogP contribution >= 0.6 is 15.9 Å². The normalized spacial score (nSPS) is 14.0. The van der Waals surface area contributed by atoms with E-state index in [1.165, 1.54) is 7.11 Å². The van der Waals surface area contributed by atoms with Crippen LogP contribution in [0.4, 0.5) is 11.4 Å². The standard InChI is InChI=1S/C11H13BrN2O2/c1-16-11(15)7-14-5-4-13-9-3-2-8(12)6-10(9)14/h2-3,6,13H,4-5,7H2,1H3. The summed E-state index contributed by atoms with van der Waals surface area (Å²) in [5.41, 5.74) is 2.09. The molecule has 0 radical (unpaired) electrons. The van der Waals surface area contributed by atoms with Gasteiger partial charge in [-0.3, -0.25) is 4.79 Å². The Bertz CT molecular complexity index is 409. The highest BCUT2D eigenvalue weighted by atomic mass is 79.9. The SMILES string of the molecule is COC(=O)CN1CCNc2ccc(Br)cc21. The smallest absolute Gasteiger partial charge is 0.325 e. The fourth-order valence-corrected chi connectivity index (χ4v) is 2.10. The summed E-state index contributed by atoms with van der Waals surface area (Å²) in [7, 11) is 1.41. The number of benzene rings is 1. The maximum Gasteiger partial charge on any atom is 0.325 e. The third kappa shape index (κ3) is 2.29. The number of halogens is 1. The number of anilines is 2. The van der Waals surface area contributed by atoms with Gasteiger partial charge in [0.1, 0.15) is 6.54 Å². The highest BCUT2D eigenvalue weighted by molar-refractivity contribution is 9.10. The molecule has 0 unspecified atom stereocenters. The molecule has 0 aromatic heterocycles. The molecule has 0 saturated carbocycles. The molecule has 0 amide bonds. The van der Waals surface area contributed by atoms with E-state index in [-0.39, 0.29) is 5.97 Å². The molecule has 0 bridgehead atoms. The van der Waals surface area contributed by atoms with Gasteiger partial charge in [-0.2, -0.15) is 0 Å². The quantitative estimate of drug-likeness (QED) is 0.842. The van der Waals surface area contributed by atoms with Gasteiger partial charge in [0.25, 0.3) is 0 Å². The molecule has 0 aliphatic carbocycles. The van der Waals surface area contributed by atoms with Gasteiger partial charge in [-0.25, -0.2) is 0 Å². The number of ether oxygens (including phenoxy) is 1. The van der Waals surface area contributed by atoms with Gasteiger partial charge in [0, 0.05) is 17.6 Å². The fourth-order valence-electron chi connectivity index (χ4n) is 1.75. The Morgan fingerprint density at radius 3 is 3.19 bits per heavy atom. The Morgan fingerprint density at radius 1 is 1.62 bits per heavy atom. The van der Waals surface area contributed by atoms with Crippen LogP contribution in [-0.2, 0) is 9.53 Å². The number of nitrogens with one attached hydrogen (secondary N) is 1. The fraction of sp³-hybridized carbons (Fsp3) is 0.364. The van der Waals surface area contributed by atoms with E-state index >= 15 is 0 Å². The monoisotopic (exact) mass is 284 g/mol. The zero-order chi connectivity index (χ0) is 11.5. The third-order valence-electron chi connectivity index (χ3n) is 2.55. The number of fused-ring (bicyclic) bond motifs is 1. The third-order valence-corrected chi connectivity index (χ3v) is 3.04. The van der Waals surface area contributed by atoms with Gasteiger partial charge < -0.3 is 15.0 Å². The summed E-state index contributed by atoms with van der Waals surface area (Å²) >= 11 is 3.43. The number of nitrogens with zero attached hydrogens (tertiary/aromatic N) is 1. The van der Waals surface area contributed by atoms with E-state index in [1.54, 1.807) is 0 Å². The van der Waals surface area contributed by atoms with Crippen molar-refractivity contribution in [3.63, 3.8) is 0 Å². The highest BCUT2D eigenvalue weighted by Crippen LogP contribution is 2.31. The minimum Gasteiger partial charge on any atom is -0.468 e. The van der Waals surface area contributed by atoms with Gasteiger partial charge in [-0.15, -0.1) is 0 Å². The largest absolute Gasteiger partial charge is 0.468 e. The van der Waals surface area contributed by atoms with E-state index < -0.39 is 0 Å². The molecule has 4 nitrogen and oxygen atoms in total. The number of hydrogen-bond donors (Lipinski definition) is 1. The van der Waals surface area contributed by atoms with Gasteiger partial charge in [0.2, 0.25) is 0 Å². The molecule has 1 aromatic carbocycles. The first kappa shape index (κ1) is 11.3. The Balaban J connectivity index is 2.24. The predicted molar refractivity (Wildman–Crippen MR) is 66.9 cm³/mol. The second-order valence-corrected chi connectivity index (χ2v) is 4.50. The zero-order valence-corrected chi connectivity index (χ0v) is 10.6. The lowest BCUT2D eigenvalue weighted by molar-refractivity contribution is -0.138. The number of methoxy groups -OCH3 is 1. The topological polar surface area (TPSA) is 41.6 Å². The number of rotatable bonds is 2. The van der Waals surface area contributed by atoms with Crippen LogP contribution in [0.5, 0.6) is 0 Å². The molecule has 1 aliphatic heterocycles. The van der Waals surface area contributed by atoms with Crippen LogP contribution in [0.1, 0.15) is 0 Å². The van der Waals surface area contributed by atoms with Crippen LogP contribution in [0.25, 0.3) is 0 Å². The summed E-state index contributed by atoms with van der Waals surface area (Å²) in [6.45, 7) is 1.94. The van der Waals surface area contributed by atoms with E-state index in [2.05, 4.69) is 26.0 Å². The minimum absolute atomic E-state index is 0.215. The van der Waals surface area contributed by atoms with E-state index in [0.717, 1.165) is 28.9 Å². The average Bonchev–Trinajstić information content (AvgIpc) is 2.29. The van der Waals surface area contributed by atoms with Crippen molar-refractivity contribution in [3.05, 3.63) is 22.7 Å². The number of esters is 1. The summed E-state index contributed by atoms with van der Waals surface area (Å²) in [6.07, 6.45) is 0. The lowest BCUT2D eigenvalue weighted by Gasteiger charge is -2.31. The van der Waals surface area contributed by atoms with E-state index in [9.17, 15) is 4.79 Å². The van der Waals surface area contributed by atoms with Gasteiger partial charge in [-0.1, -0.05) is 15.9 Å². The summed E-state index contributed by atoms with van der Waals surface area (Å²) in [4.78, 5) is 13.3. The second-order valence-electron chi connectivity index (χ2n) is 3.59. The van der Waals surface area contributed by atoms with Crippen molar-refractivity contribution in [3.8, 4) is 0 Å². The van der Waals surface area contributed by atoms with Crippen molar-refractivity contribution < 1.29 is 9.53 Å². The lowest BCUT2D eigenvalue weighted by atomic mass is 10.2. The second kappa shape index (κ2) is 4.74. The van der Waals surface area contributed by atoms with Gasteiger partial charge in [-0.05, 0) is 18.2 Å². The Hall–Kier alpha value is -1.23. The Labute approximate surface area is 103 Å². The minimum atomic E-state index is -0.215. The molecule has 2 rings (SSSR count). The lowest BCUT2D eigenvalue weighted by Crippen LogP contribution is -2.38. The van der Waals surface area contributed by atoms with Gasteiger partial charge in [0.15, 0.2) is 0 Å². The molecule has 0 atom stereocenters. The molecule has 1 heterocycles.